The highest BCUT2D eigenvalue weighted by molar-refractivity contribution is 6.02. The Morgan fingerprint density at radius 2 is 1.84 bits per heavy atom. The average Bonchev–Trinajstić information content (AvgIpc) is 2.74. The van der Waals surface area contributed by atoms with E-state index in [-0.39, 0.29) is 29.3 Å². The van der Waals surface area contributed by atoms with Crippen molar-refractivity contribution in [3.63, 3.8) is 0 Å². The number of fused-ring (bicyclic) bond motifs is 2. The van der Waals surface area contributed by atoms with Crippen molar-refractivity contribution < 1.29 is 9.53 Å². The molecule has 0 fully saturated rings. The van der Waals surface area contributed by atoms with Crippen LogP contribution in [0.15, 0.2) is 58.3 Å². The molecule has 0 unspecified atom stereocenters. The zero-order valence-corrected chi connectivity index (χ0v) is 17.5. The van der Waals surface area contributed by atoms with Crippen LogP contribution in [-0.2, 0) is 17.9 Å². The summed E-state index contributed by atoms with van der Waals surface area (Å²) >= 11 is 0. The van der Waals surface area contributed by atoms with Gasteiger partial charge in [0.2, 0.25) is 0 Å². The van der Waals surface area contributed by atoms with E-state index in [9.17, 15) is 14.4 Å². The second-order valence-electron chi connectivity index (χ2n) is 7.82. The SMILES string of the molecule is Cc1cccn2c(=O)cc(COC(=O)c3nn(CC(C)C)c(=O)c4ccccc34)nc12. The highest BCUT2D eigenvalue weighted by Gasteiger charge is 2.19. The van der Waals surface area contributed by atoms with Crippen molar-refractivity contribution in [1.29, 1.82) is 0 Å². The quantitative estimate of drug-likeness (QED) is 0.463. The molecule has 0 N–H and O–H groups in total. The van der Waals surface area contributed by atoms with Crippen molar-refractivity contribution in [2.45, 2.75) is 33.9 Å². The van der Waals surface area contributed by atoms with E-state index in [2.05, 4.69) is 10.1 Å². The molecule has 0 spiro atoms. The minimum Gasteiger partial charge on any atom is -0.454 e. The second-order valence-corrected chi connectivity index (χ2v) is 7.82. The first-order valence-corrected chi connectivity index (χ1v) is 10.00. The summed E-state index contributed by atoms with van der Waals surface area (Å²) < 4.78 is 8.18. The number of hydrogen-bond donors (Lipinski definition) is 0. The van der Waals surface area contributed by atoms with Crippen LogP contribution in [0, 0.1) is 12.8 Å². The minimum atomic E-state index is -0.680. The largest absolute Gasteiger partial charge is 0.454 e. The fraction of sp³-hybridized carbons (Fsp3) is 0.261. The topological polar surface area (TPSA) is 95.6 Å². The van der Waals surface area contributed by atoms with Gasteiger partial charge in [0.15, 0.2) is 5.69 Å². The highest BCUT2D eigenvalue weighted by Crippen LogP contribution is 2.15. The number of ether oxygens (including phenoxy) is 1. The highest BCUT2D eigenvalue weighted by atomic mass is 16.5. The van der Waals surface area contributed by atoms with Crippen molar-refractivity contribution in [1.82, 2.24) is 19.2 Å². The summed E-state index contributed by atoms with van der Waals surface area (Å²) in [6, 6.07) is 11.8. The van der Waals surface area contributed by atoms with E-state index in [4.69, 9.17) is 4.74 Å². The molecule has 0 bridgehead atoms. The van der Waals surface area contributed by atoms with Crippen LogP contribution >= 0.6 is 0 Å². The Morgan fingerprint density at radius 3 is 2.58 bits per heavy atom. The number of esters is 1. The van der Waals surface area contributed by atoms with Crippen LogP contribution in [0.4, 0.5) is 0 Å². The summed E-state index contributed by atoms with van der Waals surface area (Å²) in [5.74, 6) is -0.506. The van der Waals surface area contributed by atoms with Crippen LogP contribution in [0.1, 0.15) is 35.6 Å². The van der Waals surface area contributed by atoms with Gasteiger partial charge in [-0.1, -0.05) is 38.1 Å². The Hall–Kier alpha value is -3.81. The number of benzene rings is 1. The van der Waals surface area contributed by atoms with Gasteiger partial charge in [0.1, 0.15) is 12.3 Å². The molecule has 8 heteroatoms. The molecular formula is C23H22N4O4. The molecule has 0 atom stereocenters. The summed E-state index contributed by atoms with van der Waals surface area (Å²) in [6.45, 7) is 5.98. The third-order valence-corrected chi connectivity index (χ3v) is 4.89. The van der Waals surface area contributed by atoms with Gasteiger partial charge in [-0.25, -0.2) is 14.5 Å². The maximum atomic E-state index is 12.9. The van der Waals surface area contributed by atoms with Gasteiger partial charge in [0.05, 0.1) is 11.1 Å². The Bertz CT molecular complexity index is 1420. The summed E-state index contributed by atoms with van der Waals surface area (Å²) in [5.41, 5.74) is 1.24. The van der Waals surface area contributed by atoms with Crippen molar-refractivity contribution in [2.75, 3.05) is 0 Å². The van der Waals surface area contributed by atoms with Gasteiger partial charge >= 0.3 is 5.97 Å². The fourth-order valence-corrected chi connectivity index (χ4v) is 3.45. The van der Waals surface area contributed by atoms with Gasteiger partial charge in [-0.05, 0) is 30.5 Å². The number of hydrogen-bond acceptors (Lipinski definition) is 6. The van der Waals surface area contributed by atoms with Crippen molar-refractivity contribution in [2.24, 2.45) is 5.92 Å². The number of aryl methyl sites for hydroxylation is 1. The first kappa shape index (κ1) is 20.5. The number of carbonyl (C=O) groups excluding carboxylic acids is 1. The van der Waals surface area contributed by atoms with E-state index in [1.54, 1.807) is 36.5 Å². The fourth-order valence-electron chi connectivity index (χ4n) is 3.45. The Labute approximate surface area is 177 Å². The second kappa shape index (κ2) is 8.14. The molecule has 0 aliphatic rings. The summed E-state index contributed by atoms with van der Waals surface area (Å²) in [5, 5.41) is 5.11. The maximum Gasteiger partial charge on any atom is 0.359 e. The molecule has 3 heterocycles. The van der Waals surface area contributed by atoms with Gasteiger partial charge in [-0.2, -0.15) is 5.10 Å². The standard InChI is InChI=1S/C23H22N4O4/c1-14(2)12-27-22(29)18-9-5-4-8-17(18)20(25-27)23(30)31-13-16-11-19(28)26-10-6-7-15(3)21(26)24-16/h4-11,14H,12-13H2,1-3H3. The smallest absolute Gasteiger partial charge is 0.359 e. The van der Waals surface area contributed by atoms with Gasteiger partial charge in [-0.15, -0.1) is 0 Å². The van der Waals surface area contributed by atoms with E-state index in [1.165, 1.54) is 15.1 Å². The van der Waals surface area contributed by atoms with Crippen LogP contribution in [0.2, 0.25) is 0 Å². The number of carbonyl (C=O) groups is 1. The lowest BCUT2D eigenvalue weighted by molar-refractivity contribution is 0.0460. The minimum absolute atomic E-state index is 0.0598. The van der Waals surface area contributed by atoms with Gasteiger partial charge in [-0.3, -0.25) is 14.0 Å². The van der Waals surface area contributed by atoms with Crippen LogP contribution in [-0.4, -0.2) is 25.1 Å². The molecule has 158 valence electrons. The lowest BCUT2D eigenvalue weighted by Crippen LogP contribution is -2.28. The zero-order chi connectivity index (χ0) is 22.1. The van der Waals surface area contributed by atoms with Crippen molar-refractivity contribution in [3.8, 4) is 0 Å². The summed E-state index contributed by atoms with van der Waals surface area (Å²) in [4.78, 5) is 42.4. The zero-order valence-electron chi connectivity index (χ0n) is 17.5. The number of rotatable bonds is 5. The van der Waals surface area contributed by atoms with Gasteiger partial charge in [0, 0.05) is 24.2 Å². The number of aromatic nitrogens is 4. The number of pyridine rings is 1. The Balaban J connectivity index is 1.69. The monoisotopic (exact) mass is 418 g/mol. The average molecular weight is 418 g/mol. The molecule has 0 saturated carbocycles. The van der Waals surface area contributed by atoms with E-state index in [0.717, 1.165) is 5.56 Å². The van der Waals surface area contributed by atoms with Crippen LogP contribution in [0.3, 0.4) is 0 Å². The summed E-state index contributed by atoms with van der Waals surface area (Å²) in [6.07, 6.45) is 1.64. The summed E-state index contributed by atoms with van der Waals surface area (Å²) in [7, 11) is 0. The molecule has 0 saturated heterocycles. The van der Waals surface area contributed by atoms with Gasteiger partial charge in [0.25, 0.3) is 11.1 Å². The van der Waals surface area contributed by atoms with E-state index in [0.29, 0.717) is 28.7 Å². The molecule has 0 radical (unpaired) electrons. The normalized spacial score (nSPS) is 11.4. The Morgan fingerprint density at radius 1 is 1.10 bits per heavy atom. The van der Waals surface area contributed by atoms with Crippen molar-refractivity contribution in [3.05, 3.63) is 86.3 Å². The molecule has 1 aromatic carbocycles. The number of nitrogens with zero attached hydrogens (tertiary/aromatic N) is 4. The maximum absolute atomic E-state index is 12.9. The predicted octanol–water partition coefficient (Wildman–Crippen LogP) is 2.73. The molecular weight excluding hydrogens is 396 g/mol. The lowest BCUT2D eigenvalue weighted by Gasteiger charge is -2.12. The van der Waals surface area contributed by atoms with Crippen LogP contribution < -0.4 is 11.1 Å². The molecule has 31 heavy (non-hydrogen) atoms. The lowest BCUT2D eigenvalue weighted by atomic mass is 10.1. The van der Waals surface area contributed by atoms with Crippen LogP contribution in [0.25, 0.3) is 16.4 Å². The molecule has 8 nitrogen and oxygen atoms in total. The van der Waals surface area contributed by atoms with E-state index in [1.807, 2.05) is 26.8 Å². The first-order valence-electron chi connectivity index (χ1n) is 10.00. The molecule has 0 aliphatic carbocycles. The molecule has 4 rings (SSSR count). The Kier molecular flexibility index (Phi) is 5.37. The van der Waals surface area contributed by atoms with E-state index < -0.39 is 5.97 Å². The molecule has 3 aromatic heterocycles. The third kappa shape index (κ3) is 3.96. The predicted molar refractivity (Wildman–Crippen MR) is 116 cm³/mol. The molecule has 0 aliphatic heterocycles. The van der Waals surface area contributed by atoms with Gasteiger partial charge < -0.3 is 4.74 Å². The van der Waals surface area contributed by atoms with E-state index >= 15 is 0 Å². The van der Waals surface area contributed by atoms with Crippen LogP contribution in [0.5, 0.6) is 0 Å². The first-order chi connectivity index (χ1) is 14.8. The molecule has 0 amide bonds. The van der Waals surface area contributed by atoms with Crippen molar-refractivity contribution >= 4 is 22.4 Å². The molecule has 4 aromatic rings. The third-order valence-electron chi connectivity index (χ3n) is 4.89.